The zero-order valence-corrected chi connectivity index (χ0v) is 18.3. The minimum absolute atomic E-state index is 0.816. The van der Waals surface area contributed by atoms with Gasteiger partial charge in [0.25, 0.3) is 0 Å². The van der Waals surface area contributed by atoms with Crippen molar-refractivity contribution in [3.05, 3.63) is 115 Å². The Labute approximate surface area is 179 Å². The van der Waals surface area contributed by atoms with Crippen LogP contribution in [0.1, 0.15) is 5.56 Å². The van der Waals surface area contributed by atoms with Crippen LogP contribution in [0.5, 0.6) is 11.5 Å². The molecule has 0 fully saturated rings. The van der Waals surface area contributed by atoms with Crippen molar-refractivity contribution in [1.82, 2.24) is 0 Å². The summed E-state index contributed by atoms with van der Waals surface area (Å²) in [5, 5.41) is 4.09. The topological polar surface area (TPSA) is 18.5 Å². The van der Waals surface area contributed by atoms with E-state index < -0.39 is 7.26 Å². The summed E-state index contributed by atoms with van der Waals surface area (Å²) in [6, 6.07) is 38.9. The van der Waals surface area contributed by atoms with E-state index in [0.717, 1.165) is 17.7 Å². The summed E-state index contributed by atoms with van der Waals surface area (Å²) >= 11 is 0. The van der Waals surface area contributed by atoms with Crippen LogP contribution in [0.3, 0.4) is 0 Å². The SMILES string of the molecule is COc1cc(C[P](c2ccccc2)(c2ccccc2)c2ccccc2)cc(OC)c1. The zero-order chi connectivity index (χ0) is 20.8. The molecule has 0 aromatic heterocycles. The first-order chi connectivity index (χ1) is 14.8. The lowest BCUT2D eigenvalue weighted by atomic mass is 10.2. The normalized spacial score (nSPS) is 11.1. The number of hydrogen-bond donors (Lipinski definition) is 0. The van der Waals surface area contributed by atoms with E-state index in [4.69, 9.17) is 9.47 Å². The van der Waals surface area contributed by atoms with E-state index in [2.05, 4.69) is 103 Å². The molecule has 0 bridgehead atoms. The highest BCUT2D eigenvalue weighted by Gasteiger charge is 2.34. The summed E-state index contributed by atoms with van der Waals surface area (Å²) < 4.78 is 11.1. The van der Waals surface area contributed by atoms with Gasteiger partial charge in [-0.15, -0.1) is 0 Å². The van der Waals surface area contributed by atoms with Crippen LogP contribution in [-0.2, 0) is 6.16 Å². The molecular weight excluding hydrogens is 387 g/mol. The van der Waals surface area contributed by atoms with Crippen LogP contribution in [-0.4, -0.2) is 14.2 Å². The van der Waals surface area contributed by atoms with Crippen LogP contribution in [0.15, 0.2) is 109 Å². The van der Waals surface area contributed by atoms with Gasteiger partial charge in [-0.3, -0.25) is 0 Å². The third-order valence-electron chi connectivity index (χ3n) is 5.42. The van der Waals surface area contributed by atoms with Gasteiger partial charge in [-0.2, -0.15) is 0 Å². The van der Waals surface area contributed by atoms with Crippen LogP contribution >= 0.6 is 7.26 Å². The molecule has 0 heterocycles. The Balaban J connectivity index is 1.98. The summed E-state index contributed by atoms with van der Waals surface area (Å²) in [7, 11) is 1.45. The van der Waals surface area contributed by atoms with Gasteiger partial charge in [-0.1, -0.05) is 91.0 Å². The molecule has 30 heavy (non-hydrogen) atoms. The molecule has 1 radical (unpaired) electrons. The van der Waals surface area contributed by atoms with Crippen molar-refractivity contribution in [3.8, 4) is 11.5 Å². The third-order valence-corrected chi connectivity index (χ3v) is 9.80. The Bertz CT molecular complexity index is 961. The van der Waals surface area contributed by atoms with Gasteiger partial charge in [0.1, 0.15) is 11.5 Å². The van der Waals surface area contributed by atoms with Gasteiger partial charge in [0.05, 0.1) is 14.2 Å². The van der Waals surface area contributed by atoms with Gasteiger partial charge < -0.3 is 9.47 Å². The van der Waals surface area contributed by atoms with E-state index in [0.29, 0.717) is 0 Å². The van der Waals surface area contributed by atoms with Crippen LogP contribution in [0.2, 0.25) is 0 Å². The van der Waals surface area contributed by atoms with Gasteiger partial charge in [-0.25, -0.2) is 0 Å². The first-order valence-corrected chi connectivity index (χ1v) is 12.0. The summed E-state index contributed by atoms with van der Waals surface area (Å²) in [5.74, 6) is 1.63. The summed E-state index contributed by atoms with van der Waals surface area (Å²) in [6.07, 6.45) is 0.887. The third kappa shape index (κ3) is 3.97. The maximum absolute atomic E-state index is 5.56. The van der Waals surface area contributed by atoms with Gasteiger partial charge in [0.2, 0.25) is 0 Å². The lowest BCUT2D eigenvalue weighted by molar-refractivity contribution is 0.393. The second-order valence-corrected chi connectivity index (χ2v) is 10.7. The lowest BCUT2D eigenvalue weighted by Crippen LogP contribution is -2.32. The lowest BCUT2D eigenvalue weighted by Gasteiger charge is -2.38. The van der Waals surface area contributed by atoms with Crippen LogP contribution in [0.4, 0.5) is 0 Å². The molecule has 0 spiro atoms. The van der Waals surface area contributed by atoms with Crippen LogP contribution in [0.25, 0.3) is 0 Å². The fraction of sp³-hybridized carbons (Fsp3) is 0.111. The highest BCUT2D eigenvalue weighted by Crippen LogP contribution is 2.58. The average molecular weight is 413 g/mol. The highest BCUT2D eigenvalue weighted by molar-refractivity contribution is 7.95. The summed E-state index contributed by atoms with van der Waals surface area (Å²) in [6.45, 7) is 0. The van der Waals surface area contributed by atoms with Crippen molar-refractivity contribution in [3.63, 3.8) is 0 Å². The molecule has 0 saturated heterocycles. The molecular formula is C27H26O2P. The number of methoxy groups -OCH3 is 2. The summed E-state index contributed by atoms with van der Waals surface area (Å²) in [5.41, 5.74) is 1.20. The molecule has 0 amide bonds. The molecule has 0 unspecified atom stereocenters. The highest BCUT2D eigenvalue weighted by atomic mass is 31.2. The van der Waals surface area contributed by atoms with E-state index in [-0.39, 0.29) is 0 Å². The van der Waals surface area contributed by atoms with Crippen molar-refractivity contribution in [1.29, 1.82) is 0 Å². The van der Waals surface area contributed by atoms with Gasteiger partial charge in [0, 0.05) is 12.2 Å². The van der Waals surface area contributed by atoms with Gasteiger partial charge >= 0.3 is 0 Å². The van der Waals surface area contributed by atoms with Crippen molar-refractivity contribution < 1.29 is 9.47 Å². The number of ether oxygens (including phenoxy) is 2. The monoisotopic (exact) mass is 413 g/mol. The van der Waals surface area contributed by atoms with E-state index >= 15 is 0 Å². The second-order valence-electron chi connectivity index (χ2n) is 7.20. The van der Waals surface area contributed by atoms with E-state index in [1.54, 1.807) is 14.2 Å². The number of hydrogen-bond acceptors (Lipinski definition) is 2. The Morgan fingerprint density at radius 3 is 1.23 bits per heavy atom. The number of rotatable bonds is 7. The second kappa shape index (κ2) is 9.15. The fourth-order valence-electron chi connectivity index (χ4n) is 4.00. The molecule has 3 heteroatoms. The number of benzene rings is 4. The molecule has 0 aliphatic heterocycles. The van der Waals surface area contributed by atoms with Crippen molar-refractivity contribution in [2.45, 2.75) is 6.16 Å². The maximum Gasteiger partial charge on any atom is 0.122 e. The zero-order valence-electron chi connectivity index (χ0n) is 17.4. The molecule has 0 N–H and O–H groups in total. The quantitative estimate of drug-likeness (QED) is 0.388. The molecule has 4 aromatic carbocycles. The van der Waals surface area contributed by atoms with Crippen molar-refractivity contribution in [2.75, 3.05) is 14.2 Å². The van der Waals surface area contributed by atoms with Gasteiger partial charge in [-0.05, 0) is 40.9 Å². The molecule has 4 rings (SSSR count). The van der Waals surface area contributed by atoms with E-state index in [1.165, 1.54) is 21.5 Å². The Hall–Kier alpha value is -3.09. The first-order valence-electron chi connectivity index (χ1n) is 10.0. The molecule has 2 nitrogen and oxygen atoms in total. The van der Waals surface area contributed by atoms with Crippen molar-refractivity contribution >= 4 is 23.2 Å². The Kier molecular flexibility index (Phi) is 6.16. The smallest absolute Gasteiger partial charge is 0.122 e. The van der Waals surface area contributed by atoms with E-state index in [1.807, 2.05) is 6.07 Å². The predicted molar refractivity (Wildman–Crippen MR) is 128 cm³/mol. The predicted octanol–water partition coefficient (Wildman–Crippen LogP) is 5.20. The molecule has 0 aliphatic rings. The first kappa shape index (κ1) is 20.2. The van der Waals surface area contributed by atoms with E-state index in [9.17, 15) is 0 Å². The molecule has 0 atom stereocenters. The maximum atomic E-state index is 5.56. The largest absolute Gasteiger partial charge is 0.497 e. The Morgan fingerprint density at radius 1 is 0.533 bits per heavy atom. The molecule has 4 aromatic rings. The van der Waals surface area contributed by atoms with Crippen LogP contribution < -0.4 is 25.4 Å². The van der Waals surface area contributed by atoms with Crippen molar-refractivity contribution in [2.24, 2.45) is 0 Å². The Morgan fingerprint density at radius 2 is 0.900 bits per heavy atom. The molecule has 0 saturated carbocycles. The van der Waals surface area contributed by atoms with Gasteiger partial charge in [0.15, 0.2) is 0 Å². The minimum Gasteiger partial charge on any atom is -0.497 e. The standard InChI is InChI=1S/C27H26O2P/c1-28-23-18-22(19-24(20-23)29-2)21-30(25-12-6-3-7-13-25,26-14-8-4-9-15-26)27-16-10-5-11-17-27/h3-20H,21H2,1-2H3. The molecule has 0 aliphatic carbocycles. The summed E-state index contributed by atoms with van der Waals surface area (Å²) in [4.78, 5) is 0. The van der Waals surface area contributed by atoms with Crippen LogP contribution in [0, 0.1) is 0 Å². The minimum atomic E-state index is -1.95. The fourth-order valence-corrected chi connectivity index (χ4v) is 8.22. The average Bonchev–Trinajstić information content (AvgIpc) is 2.84. The molecule has 151 valence electrons.